The number of halogens is 2. The zero-order chi connectivity index (χ0) is 22.5. The number of unbranched alkanes of at least 4 members (excludes halogenated alkanes) is 4. The molecule has 0 spiro atoms. The number of ether oxygens (including phenoxy) is 1. The number of nitrogens with one attached hydrogen (secondary N) is 1. The van der Waals surface area contributed by atoms with Gasteiger partial charge in [-0.3, -0.25) is 19.4 Å². The Morgan fingerprint density at radius 3 is 2.37 bits per heavy atom. The van der Waals surface area contributed by atoms with Crippen molar-refractivity contribution in [1.82, 2.24) is 10.3 Å². The van der Waals surface area contributed by atoms with Crippen LogP contribution in [0.4, 0.5) is 8.78 Å². The van der Waals surface area contributed by atoms with Gasteiger partial charge in [-0.25, -0.2) is 14.6 Å². The summed E-state index contributed by atoms with van der Waals surface area (Å²) in [6.07, 6.45) is 4.91. The van der Waals surface area contributed by atoms with Crippen molar-refractivity contribution in [2.45, 2.75) is 64.8 Å². The van der Waals surface area contributed by atoms with E-state index in [-0.39, 0.29) is 37.7 Å². The molecule has 3 N–H and O–H groups in total. The molecule has 0 radical (unpaired) electrons. The lowest BCUT2D eigenvalue weighted by molar-refractivity contribution is -0.138. The molecule has 1 aromatic carbocycles. The summed E-state index contributed by atoms with van der Waals surface area (Å²) in [6.45, 7) is 2.95. The first-order valence-corrected chi connectivity index (χ1v) is 10.2. The van der Waals surface area contributed by atoms with E-state index in [4.69, 9.17) is 10.6 Å². The van der Waals surface area contributed by atoms with Crippen LogP contribution in [-0.4, -0.2) is 41.8 Å². The highest BCUT2D eigenvalue weighted by molar-refractivity contribution is 5.91. The first-order chi connectivity index (χ1) is 14.3. The highest BCUT2D eigenvalue weighted by atomic mass is 19.1. The first kappa shape index (κ1) is 25.5. The lowest BCUT2D eigenvalue weighted by atomic mass is 10.1. The Morgan fingerprint density at radius 2 is 1.77 bits per heavy atom. The van der Waals surface area contributed by atoms with E-state index in [0.29, 0.717) is 6.42 Å². The number of ketones is 1. The lowest BCUT2D eigenvalue weighted by Crippen LogP contribution is -2.52. The quantitative estimate of drug-likeness (QED) is 0.206. The topological polar surface area (TPSA) is 102 Å². The minimum absolute atomic E-state index is 0.187. The van der Waals surface area contributed by atoms with Crippen LogP contribution in [0.3, 0.4) is 0 Å². The Kier molecular flexibility index (Phi) is 11.6. The van der Waals surface area contributed by atoms with E-state index in [1.54, 1.807) is 0 Å². The summed E-state index contributed by atoms with van der Waals surface area (Å²) < 4.78 is 32.2. The Hall–Kier alpha value is -2.55. The average molecular weight is 427 g/mol. The minimum atomic E-state index is -1.10. The maximum atomic E-state index is 13.6. The summed E-state index contributed by atoms with van der Waals surface area (Å²) >= 11 is 0. The van der Waals surface area contributed by atoms with Gasteiger partial charge in [0.15, 0.2) is 17.4 Å². The molecule has 1 rings (SSSR count). The second-order valence-electron chi connectivity index (χ2n) is 7.12. The molecule has 0 saturated carbocycles. The van der Waals surface area contributed by atoms with Gasteiger partial charge in [0.25, 0.3) is 5.91 Å². The van der Waals surface area contributed by atoms with E-state index < -0.39 is 29.3 Å². The van der Waals surface area contributed by atoms with Crippen molar-refractivity contribution >= 4 is 17.6 Å². The van der Waals surface area contributed by atoms with Crippen molar-refractivity contribution in [3.05, 3.63) is 29.8 Å². The van der Waals surface area contributed by atoms with Crippen molar-refractivity contribution in [2.24, 2.45) is 5.84 Å². The minimum Gasteiger partial charge on any atom is -0.486 e. The number of hydrazine groups is 1. The van der Waals surface area contributed by atoms with Gasteiger partial charge >= 0.3 is 0 Å². The van der Waals surface area contributed by atoms with E-state index >= 15 is 0 Å². The van der Waals surface area contributed by atoms with Crippen LogP contribution in [0.1, 0.15) is 58.8 Å². The number of nitrogens with two attached hydrogens (primary N) is 1. The smallest absolute Gasteiger partial charge is 0.259 e. The van der Waals surface area contributed by atoms with Crippen LogP contribution < -0.4 is 15.9 Å². The van der Waals surface area contributed by atoms with Crippen LogP contribution in [0.25, 0.3) is 0 Å². The Bertz CT molecular complexity index is 695. The van der Waals surface area contributed by atoms with Crippen molar-refractivity contribution in [2.75, 3.05) is 13.2 Å². The summed E-state index contributed by atoms with van der Waals surface area (Å²) in [5.74, 6) is 2.13. The number of rotatable bonds is 14. The van der Waals surface area contributed by atoms with Gasteiger partial charge in [0.2, 0.25) is 5.91 Å². The van der Waals surface area contributed by atoms with Crippen LogP contribution in [0.2, 0.25) is 0 Å². The molecular formula is C21H31F2N3O4. The van der Waals surface area contributed by atoms with Gasteiger partial charge in [-0.15, -0.1) is 0 Å². The van der Waals surface area contributed by atoms with Gasteiger partial charge < -0.3 is 10.1 Å². The third-order valence-corrected chi connectivity index (χ3v) is 4.41. The van der Waals surface area contributed by atoms with Crippen LogP contribution in [0.5, 0.6) is 5.75 Å². The molecule has 0 unspecified atom stereocenters. The zero-order valence-electron chi connectivity index (χ0n) is 17.6. The van der Waals surface area contributed by atoms with E-state index in [1.807, 2.05) is 0 Å². The predicted molar refractivity (Wildman–Crippen MR) is 108 cm³/mol. The Balaban J connectivity index is 2.55. The van der Waals surface area contributed by atoms with E-state index in [9.17, 15) is 23.2 Å². The number of Topliss-reactive ketones (excluding diaryl/α,β-unsaturated/α-hetero) is 1. The molecule has 0 bridgehead atoms. The maximum Gasteiger partial charge on any atom is 0.259 e. The number of carbonyl (C=O) groups is 3. The van der Waals surface area contributed by atoms with Gasteiger partial charge in [-0.05, 0) is 25.5 Å². The number of hydrogen-bond acceptors (Lipinski definition) is 5. The second kappa shape index (κ2) is 13.6. The van der Waals surface area contributed by atoms with Crippen molar-refractivity contribution in [3.63, 3.8) is 0 Å². The van der Waals surface area contributed by atoms with Crippen LogP contribution in [0, 0.1) is 11.6 Å². The number of carbonyl (C=O) groups excluding carboxylic acids is 3. The molecule has 168 valence electrons. The standard InChI is InChI=1S/C21H31F2N3O4/c1-3-4-5-6-7-11-19(28)25-18(14-15(2)27)21(29)26(24)12-13-30-20-16(22)9-8-10-17(20)23/h8-10,18H,3-7,11-14,24H2,1-2H3,(H,25,28)/t18-/m0/s1. The first-order valence-electron chi connectivity index (χ1n) is 10.2. The Morgan fingerprint density at radius 1 is 1.13 bits per heavy atom. The molecule has 30 heavy (non-hydrogen) atoms. The SMILES string of the molecule is CCCCCCCC(=O)N[C@@H](CC(C)=O)C(=O)N(N)CCOc1c(F)cccc1F. The van der Waals surface area contributed by atoms with Gasteiger partial charge in [0, 0.05) is 12.8 Å². The van der Waals surface area contributed by atoms with Gasteiger partial charge in [0.1, 0.15) is 18.4 Å². The van der Waals surface area contributed by atoms with Crippen molar-refractivity contribution in [1.29, 1.82) is 0 Å². The molecule has 0 saturated heterocycles. The molecule has 0 aliphatic carbocycles. The van der Waals surface area contributed by atoms with E-state index in [0.717, 1.165) is 42.8 Å². The average Bonchev–Trinajstić information content (AvgIpc) is 2.68. The highest BCUT2D eigenvalue weighted by Gasteiger charge is 2.26. The Labute approximate surface area is 175 Å². The largest absolute Gasteiger partial charge is 0.486 e. The fraction of sp³-hybridized carbons (Fsp3) is 0.571. The van der Waals surface area contributed by atoms with Gasteiger partial charge in [0.05, 0.1) is 6.54 Å². The monoisotopic (exact) mass is 427 g/mol. The van der Waals surface area contributed by atoms with E-state index in [1.165, 1.54) is 13.0 Å². The molecule has 0 aromatic heterocycles. The number of hydrogen-bond donors (Lipinski definition) is 2. The van der Waals surface area contributed by atoms with Crippen molar-refractivity contribution in [3.8, 4) is 5.75 Å². The number of benzene rings is 1. The summed E-state index contributed by atoms with van der Waals surface area (Å²) in [7, 11) is 0. The summed E-state index contributed by atoms with van der Waals surface area (Å²) in [6, 6.07) is 2.20. The molecule has 9 heteroatoms. The fourth-order valence-electron chi connectivity index (χ4n) is 2.82. The molecule has 1 aromatic rings. The molecule has 1 atom stereocenters. The van der Waals surface area contributed by atoms with E-state index in [2.05, 4.69) is 12.2 Å². The van der Waals surface area contributed by atoms with Crippen molar-refractivity contribution < 1.29 is 27.9 Å². The molecule has 7 nitrogen and oxygen atoms in total. The fourth-order valence-corrected chi connectivity index (χ4v) is 2.82. The summed E-state index contributed by atoms with van der Waals surface area (Å²) in [4.78, 5) is 36.2. The summed E-state index contributed by atoms with van der Waals surface area (Å²) in [5.41, 5.74) is 0. The highest BCUT2D eigenvalue weighted by Crippen LogP contribution is 2.20. The zero-order valence-corrected chi connectivity index (χ0v) is 17.6. The molecule has 0 aliphatic heterocycles. The number of amides is 2. The number of para-hydroxylation sites is 1. The summed E-state index contributed by atoms with van der Waals surface area (Å²) in [5, 5.41) is 3.33. The normalized spacial score (nSPS) is 11.6. The third kappa shape index (κ3) is 9.30. The number of nitrogens with zero attached hydrogens (tertiary/aromatic N) is 1. The lowest BCUT2D eigenvalue weighted by Gasteiger charge is -2.23. The molecule has 0 heterocycles. The van der Waals surface area contributed by atoms with Gasteiger partial charge in [-0.2, -0.15) is 0 Å². The maximum absolute atomic E-state index is 13.6. The second-order valence-corrected chi connectivity index (χ2v) is 7.12. The molecule has 0 aliphatic rings. The van der Waals surface area contributed by atoms with Crippen LogP contribution in [0.15, 0.2) is 18.2 Å². The molecule has 0 fully saturated rings. The third-order valence-electron chi connectivity index (χ3n) is 4.41. The van der Waals surface area contributed by atoms with Gasteiger partial charge in [-0.1, -0.05) is 38.7 Å². The molecule has 2 amide bonds. The predicted octanol–water partition coefficient (Wildman–Crippen LogP) is 2.87. The van der Waals surface area contributed by atoms with Crippen LogP contribution >= 0.6 is 0 Å². The molecular weight excluding hydrogens is 396 g/mol. The van der Waals surface area contributed by atoms with Crippen LogP contribution in [-0.2, 0) is 14.4 Å².